The number of hydrogen-bond donors (Lipinski definition) is 2. The van der Waals surface area contributed by atoms with Crippen molar-refractivity contribution in [1.82, 2.24) is 10.3 Å². The molecule has 1 unspecified atom stereocenters. The molecule has 1 atom stereocenters. The zero-order chi connectivity index (χ0) is 16.4. The fourth-order valence-corrected chi connectivity index (χ4v) is 3.46. The van der Waals surface area contributed by atoms with Crippen molar-refractivity contribution in [2.24, 2.45) is 0 Å². The molecule has 3 heterocycles. The van der Waals surface area contributed by atoms with Crippen molar-refractivity contribution in [2.75, 3.05) is 6.61 Å². The van der Waals surface area contributed by atoms with Crippen LogP contribution in [0.2, 0.25) is 0 Å². The van der Waals surface area contributed by atoms with Crippen molar-refractivity contribution in [3.8, 4) is 10.8 Å². The Morgan fingerprint density at radius 1 is 1.12 bits per heavy atom. The Labute approximate surface area is 142 Å². The van der Waals surface area contributed by atoms with Crippen LogP contribution in [0.5, 0.6) is 0 Å². The van der Waals surface area contributed by atoms with E-state index >= 15 is 0 Å². The lowest BCUT2D eigenvalue weighted by molar-refractivity contribution is 0.223. The Kier molecular flexibility index (Phi) is 4.17. The predicted octanol–water partition coefficient (Wildman–Crippen LogP) is 3.97. The third kappa shape index (κ3) is 2.99. The van der Waals surface area contributed by atoms with Crippen LogP contribution in [0.1, 0.15) is 17.6 Å². The molecule has 4 aromatic rings. The van der Waals surface area contributed by atoms with Gasteiger partial charge >= 0.3 is 0 Å². The third-order valence-electron chi connectivity index (χ3n) is 3.76. The fourth-order valence-electron chi connectivity index (χ4n) is 2.53. The first kappa shape index (κ1) is 15.1. The molecular formula is C18H16N2O3S. The minimum absolute atomic E-state index is 0.0427. The van der Waals surface area contributed by atoms with Crippen LogP contribution in [0.4, 0.5) is 0 Å². The van der Waals surface area contributed by atoms with Gasteiger partial charge in [-0.25, -0.2) is 4.98 Å². The van der Waals surface area contributed by atoms with Crippen LogP contribution in [-0.2, 0) is 6.54 Å². The quantitative estimate of drug-likeness (QED) is 0.556. The summed E-state index contributed by atoms with van der Waals surface area (Å²) < 4.78 is 12.3. The number of aromatic nitrogens is 1. The maximum absolute atomic E-state index is 9.48. The summed E-state index contributed by atoms with van der Waals surface area (Å²) in [4.78, 5) is 4.60. The van der Waals surface area contributed by atoms with Crippen molar-refractivity contribution >= 4 is 21.6 Å². The van der Waals surface area contributed by atoms with Crippen molar-refractivity contribution in [3.05, 3.63) is 66.3 Å². The number of aliphatic hydroxyl groups is 1. The second kappa shape index (κ2) is 6.60. The van der Waals surface area contributed by atoms with E-state index in [4.69, 9.17) is 8.83 Å². The lowest BCUT2D eigenvalue weighted by Crippen LogP contribution is -2.23. The molecule has 0 amide bonds. The van der Waals surface area contributed by atoms with Gasteiger partial charge in [-0.1, -0.05) is 12.1 Å². The Bertz CT molecular complexity index is 894. The first-order chi connectivity index (χ1) is 11.8. The van der Waals surface area contributed by atoms with Crippen LogP contribution in [0.25, 0.3) is 21.0 Å². The monoisotopic (exact) mass is 340 g/mol. The predicted molar refractivity (Wildman–Crippen MR) is 92.7 cm³/mol. The van der Waals surface area contributed by atoms with E-state index in [9.17, 15) is 5.11 Å². The minimum Gasteiger partial charge on any atom is -0.468 e. The molecule has 24 heavy (non-hydrogen) atoms. The van der Waals surface area contributed by atoms with Gasteiger partial charge in [-0.05, 0) is 36.4 Å². The summed E-state index contributed by atoms with van der Waals surface area (Å²) in [6.07, 6.45) is 1.60. The molecule has 0 aliphatic rings. The van der Waals surface area contributed by atoms with Gasteiger partial charge in [0, 0.05) is 0 Å². The van der Waals surface area contributed by atoms with Crippen LogP contribution in [0.15, 0.2) is 63.6 Å². The van der Waals surface area contributed by atoms with E-state index in [0.717, 1.165) is 26.7 Å². The number of nitrogens with zero attached hydrogens (tertiary/aromatic N) is 1. The summed E-state index contributed by atoms with van der Waals surface area (Å²) in [5.74, 6) is 2.25. The molecule has 3 aromatic heterocycles. The number of hydrogen-bond acceptors (Lipinski definition) is 6. The molecule has 0 aliphatic carbocycles. The van der Waals surface area contributed by atoms with Crippen molar-refractivity contribution in [1.29, 1.82) is 0 Å². The summed E-state index contributed by atoms with van der Waals surface area (Å²) in [6, 6.07) is 15.3. The van der Waals surface area contributed by atoms with E-state index in [-0.39, 0.29) is 12.6 Å². The third-order valence-corrected chi connectivity index (χ3v) is 4.81. The van der Waals surface area contributed by atoms with Gasteiger partial charge in [-0.2, -0.15) is 0 Å². The first-order valence-corrected chi connectivity index (χ1v) is 8.47. The Balaban J connectivity index is 1.48. The van der Waals surface area contributed by atoms with Crippen LogP contribution in [0, 0.1) is 0 Å². The zero-order valence-corrected chi connectivity index (χ0v) is 13.6. The number of furan rings is 2. The molecule has 0 saturated heterocycles. The van der Waals surface area contributed by atoms with Crippen LogP contribution in [-0.4, -0.2) is 16.7 Å². The van der Waals surface area contributed by atoms with Gasteiger partial charge < -0.3 is 13.9 Å². The molecule has 0 aliphatic heterocycles. The smallest absolute Gasteiger partial charge is 0.163 e. The van der Waals surface area contributed by atoms with E-state index in [1.165, 1.54) is 0 Å². The maximum atomic E-state index is 9.48. The van der Waals surface area contributed by atoms with Crippen molar-refractivity contribution in [3.63, 3.8) is 0 Å². The summed E-state index contributed by atoms with van der Waals surface area (Å²) in [6.45, 7) is 0.454. The number of benzene rings is 1. The van der Waals surface area contributed by atoms with Gasteiger partial charge in [-0.3, -0.25) is 5.32 Å². The van der Waals surface area contributed by atoms with E-state index in [1.807, 2.05) is 36.4 Å². The van der Waals surface area contributed by atoms with Gasteiger partial charge in [0.05, 0.1) is 35.7 Å². The molecular weight excluding hydrogens is 324 g/mol. The number of aliphatic hydroxyl groups excluding tert-OH is 1. The molecule has 122 valence electrons. The van der Waals surface area contributed by atoms with E-state index < -0.39 is 0 Å². The van der Waals surface area contributed by atoms with Crippen LogP contribution >= 0.6 is 11.3 Å². The molecule has 2 N–H and O–H groups in total. The largest absolute Gasteiger partial charge is 0.468 e. The highest BCUT2D eigenvalue weighted by Crippen LogP contribution is 2.31. The van der Waals surface area contributed by atoms with Gasteiger partial charge in [0.1, 0.15) is 11.5 Å². The number of para-hydroxylation sites is 1. The zero-order valence-electron chi connectivity index (χ0n) is 12.8. The van der Waals surface area contributed by atoms with Gasteiger partial charge in [0.25, 0.3) is 0 Å². The number of nitrogens with one attached hydrogen (secondary N) is 1. The average molecular weight is 340 g/mol. The molecule has 5 nitrogen and oxygen atoms in total. The fraction of sp³-hybridized carbons (Fsp3) is 0.167. The average Bonchev–Trinajstić information content (AvgIpc) is 3.35. The van der Waals surface area contributed by atoms with Crippen molar-refractivity contribution in [2.45, 2.75) is 12.6 Å². The summed E-state index contributed by atoms with van der Waals surface area (Å²) in [7, 11) is 0. The number of fused-ring (bicyclic) bond motifs is 1. The Morgan fingerprint density at radius 2 is 2.04 bits per heavy atom. The highest BCUT2D eigenvalue weighted by molar-refractivity contribution is 7.21. The number of rotatable bonds is 6. The normalized spacial score (nSPS) is 12.7. The summed E-state index contributed by atoms with van der Waals surface area (Å²) in [5.41, 5.74) is 0.978. The molecule has 0 bridgehead atoms. The molecule has 1 aromatic carbocycles. The van der Waals surface area contributed by atoms with Gasteiger partial charge in [-0.15, -0.1) is 11.3 Å². The molecule has 0 fully saturated rings. The molecule has 6 heteroatoms. The topological polar surface area (TPSA) is 71.4 Å². The van der Waals surface area contributed by atoms with E-state index in [0.29, 0.717) is 12.3 Å². The van der Waals surface area contributed by atoms with Gasteiger partial charge in [0.15, 0.2) is 10.8 Å². The van der Waals surface area contributed by atoms with Gasteiger partial charge in [0.2, 0.25) is 0 Å². The summed E-state index contributed by atoms with van der Waals surface area (Å²) in [5, 5.41) is 13.6. The minimum atomic E-state index is -0.254. The molecule has 4 rings (SSSR count). The van der Waals surface area contributed by atoms with Crippen LogP contribution < -0.4 is 5.32 Å². The lowest BCUT2D eigenvalue weighted by atomic mass is 10.2. The lowest BCUT2D eigenvalue weighted by Gasteiger charge is -2.12. The SMILES string of the molecule is OCC(NCc1ccc(-c2nc3ccccc3s2)o1)c1ccco1. The first-order valence-electron chi connectivity index (χ1n) is 7.66. The van der Waals surface area contributed by atoms with Crippen LogP contribution in [0.3, 0.4) is 0 Å². The molecule has 0 spiro atoms. The molecule has 0 saturated carbocycles. The second-order valence-corrected chi connectivity index (χ2v) is 6.41. The number of thiazole rings is 1. The summed E-state index contributed by atoms with van der Waals surface area (Å²) >= 11 is 1.61. The standard InChI is InChI=1S/C18H16N2O3S/c21-11-14(15-5-3-9-22-15)19-10-12-7-8-16(23-12)18-20-13-4-1-2-6-17(13)24-18/h1-9,14,19,21H,10-11H2. The van der Waals surface area contributed by atoms with E-state index in [1.54, 1.807) is 23.7 Å². The Hall–Kier alpha value is -2.41. The highest BCUT2D eigenvalue weighted by Gasteiger charge is 2.14. The van der Waals surface area contributed by atoms with E-state index in [2.05, 4.69) is 16.4 Å². The molecule has 0 radical (unpaired) electrons. The second-order valence-electron chi connectivity index (χ2n) is 5.38. The highest BCUT2D eigenvalue weighted by atomic mass is 32.1. The Morgan fingerprint density at radius 3 is 2.83 bits per heavy atom. The van der Waals surface area contributed by atoms with Crippen molar-refractivity contribution < 1.29 is 13.9 Å². The maximum Gasteiger partial charge on any atom is 0.163 e.